The number of ether oxygens (including phenoxy) is 1. The summed E-state index contributed by atoms with van der Waals surface area (Å²) < 4.78 is 5.65. The van der Waals surface area contributed by atoms with E-state index in [0.29, 0.717) is 26.1 Å². The molecule has 1 amide bonds. The van der Waals surface area contributed by atoms with Gasteiger partial charge in [-0.1, -0.05) is 78.9 Å². The van der Waals surface area contributed by atoms with Gasteiger partial charge < -0.3 is 15.2 Å². The van der Waals surface area contributed by atoms with Gasteiger partial charge in [-0.05, 0) is 34.2 Å². The molecule has 0 aromatic heterocycles. The van der Waals surface area contributed by atoms with E-state index in [1.165, 1.54) is 27.8 Å². The van der Waals surface area contributed by atoms with Gasteiger partial charge in [0, 0.05) is 31.6 Å². The van der Waals surface area contributed by atoms with Crippen LogP contribution < -0.4 is 5.32 Å². The number of nitrogens with zero attached hydrogens (tertiary/aromatic N) is 1. The second-order valence-electron chi connectivity index (χ2n) is 8.66. The number of carbonyl (C=O) groups excluding carboxylic acids is 1. The Hall–Kier alpha value is -3.15. The first-order valence-corrected chi connectivity index (χ1v) is 11.2. The highest BCUT2D eigenvalue weighted by Gasteiger charge is 2.32. The van der Waals surface area contributed by atoms with Crippen molar-refractivity contribution in [1.82, 2.24) is 10.2 Å². The van der Waals surface area contributed by atoms with E-state index in [-0.39, 0.29) is 18.1 Å². The zero-order valence-electron chi connectivity index (χ0n) is 18.0. The predicted molar refractivity (Wildman–Crippen MR) is 124 cm³/mol. The van der Waals surface area contributed by atoms with E-state index >= 15 is 0 Å². The number of rotatable bonds is 6. The molecule has 1 aliphatic heterocycles. The molecule has 2 N–H and O–H groups in total. The number of fused-ring (bicyclic) bond motifs is 3. The summed E-state index contributed by atoms with van der Waals surface area (Å²) in [6.07, 6.45) is -0.128. The Morgan fingerprint density at radius 1 is 0.938 bits per heavy atom. The van der Waals surface area contributed by atoms with Crippen molar-refractivity contribution in [1.29, 1.82) is 0 Å². The van der Waals surface area contributed by atoms with Crippen LogP contribution in [0.2, 0.25) is 0 Å². The van der Waals surface area contributed by atoms with Crippen LogP contribution in [0.1, 0.15) is 29.0 Å². The Balaban J connectivity index is 1.18. The lowest BCUT2D eigenvalue weighted by atomic mass is 9.98. The first kappa shape index (κ1) is 20.7. The third kappa shape index (κ3) is 4.27. The van der Waals surface area contributed by atoms with Crippen LogP contribution in [0.15, 0.2) is 78.9 Å². The molecule has 5 heteroatoms. The van der Waals surface area contributed by atoms with Crippen LogP contribution in [-0.2, 0) is 11.3 Å². The van der Waals surface area contributed by atoms with Gasteiger partial charge in [-0.3, -0.25) is 4.90 Å². The van der Waals surface area contributed by atoms with Crippen molar-refractivity contribution in [2.45, 2.75) is 31.0 Å². The van der Waals surface area contributed by atoms with Gasteiger partial charge in [-0.15, -0.1) is 0 Å². The monoisotopic (exact) mass is 428 g/mol. The van der Waals surface area contributed by atoms with E-state index in [1.54, 1.807) is 0 Å². The van der Waals surface area contributed by atoms with Crippen LogP contribution >= 0.6 is 0 Å². The second-order valence-corrected chi connectivity index (χ2v) is 8.66. The van der Waals surface area contributed by atoms with Gasteiger partial charge in [-0.2, -0.15) is 0 Å². The molecule has 0 spiro atoms. The first-order chi connectivity index (χ1) is 15.7. The van der Waals surface area contributed by atoms with Crippen LogP contribution in [0, 0.1) is 0 Å². The number of hydrogen-bond acceptors (Lipinski definition) is 4. The molecule has 5 nitrogen and oxygen atoms in total. The van der Waals surface area contributed by atoms with Gasteiger partial charge in [0.1, 0.15) is 6.61 Å². The van der Waals surface area contributed by atoms with Gasteiger partial charge >= 0.3 is 6.09 Å². The number of aliphatic hydroxyl groups is 1. The number of amides is 1. The third-order valence-corrected chi connectivity index (χ3v) is 6.56. The highest BCUT2D eigenvalue weighted by Crippen LogP contribution is 2.44. The van der Waals surface area contributed by atoms with Crippen LogP contribution in [0.3, 0.4) is 0 Å². The molecule has 1 aliphatic carbocycles. The minimum Gasteiger partial charge on any atom is -0.449 e. The number of benzene rings is 3. The zero-order chi connectivity index (χ0) is 21.9. The van der Waals surface area contributed by atoms with Crippen LogP contribution in [0.25, 0.3) is 11.1 Å². The molecule has 3 aromatic rings. The van der Waals surface area contributed by atoms with E-state index in [4.69, 9.17) is 4.74 Å². The Morgan fingerprint density at radius 2 is 1.56 bits per heavy atom. The molecule has 2 atom stereocenters. The minimum atomic E-state index is -0.409. The fourth-order valence-corrected chi connectivity index (χ4v) is 5.03. The van der Waals surface area contributed by atoms with Crippen molar-refractivity contribution in [2.24, 2.45) is 0 Å². The van der Waals surface area contributed by atoms with Crippen molar-refractivity contribution < 1.29 is 14.6 Å². The summed E-state index contributed by atoms with van der Waals surface area (Å²) in [5, 5.41) is 13.1. The molecule has 2 aliphatic rings. The van der Waals surface area contributed by atoms with Crippen molar-refractivity contribution in [3.05, 3.63) is 95.6 Å². The largest absolute Gasteiger partial charge is 0.449 e. The summed E-state index contributed by atoms with van der Waals surface area (Å²) in [5.41, 5.74) is 6.04. The number of alkyl carbamates (subject to hydrolysis) is 1. The van der Waals surface area contributed by atoms with E-state index in [9.17, 15) is 9.90 Å². The maximum atomic E-state index is 12.5. The molecule has 0 bridgehead atoms. The summed E-state index contributed by atoms with van der Waals surface area (Å²) in [7, 11) is 0. The van der Waals surface area contributed by atoms with Gasteiger partial charge in [0.25, 0.3) is 0 Å². The zero-order valence-corrected chi connectivity index (χ0v) is 18.0. The van der Waals surface area contributed by atoms with Crippen LogP contribution in [0.4, 0.5) is 4.79 Å². The fourth-order valence-electron chi connectivity index (χ4n) is 5.03. The maximum Gasteiger partial charge on any atom is 0.407 e. The lowest BCUT2D eigenvalue weighted by Gasteiger charge is -2.24. The Morgan fingerprint density at radius 3 is 2.25 bits per heavy atom. The summed E-state index contributed by atoms with van der Waals surface area (Å²) >= 11 is 0. The molecule has 1 saturated heterocycles. The van der Waals surface area contributed by atoms with Crippen molar-refractivity contribution >= 4 is 6.09 Å². The molecule has 0 saturated carbocycles. The number of aliphatic hydroxyl groups excluding tert-OH is 1. The quantitative estimate of drug-likeness (QED) is 0.619. The molecule has 5 rings (SSSR count). The standard InChI is InChI=1S/C27H28N2O3/c30-21-14-20(29(17-21)16-19-8-2-1-3-9-19)15-28-27(31)32-18-26-24-12-6-4-10-22(24)23-11-5-7-13-25(23)26/h1-13,20-21,26,30H,14-18H2,(H,28,31)/t20-,21-/m1/s1. The maximum absolute atomic E-state index is 12.5. The van der Waals surface area contributed by atoms with Crippen molar-refractivity contribution in [3.8, 4) is 11.1 Å². The fraction of sp³-hybridized carbons (Fsp3) is 0.296. The van der Waals surface area contributed by atoms with Crippen LogP contribution in [0.5, 0.6) is 0 Å². The second kappa shape index (κ2) is 9.15. The summed E-state index contributed by atoms with van der Waals surface area (Å²) in [5.74, 6) is 0.0519. The molecular formula is C27H28N2O3. The lowest BCUT2D eigenvalue weighted by molar-refractivity contribution is 0.138. The number of likely N-dealkylation sites (tertiary alicyclic amines) is 1. The van der Waals surface area contributed by atoms with Gasteiger partial charge in [-0.25, -0.2) is 4.79 Å². The van der Waals surface area contributed by atoms with Gasteiger partial charge in [0.15, 0.2) is 0 Å². The Kier molecular flexibility index (Phi) is 5.93. The van der Waals surface area contributed by atoms with E-state index in [0.717, 1.165) is 6.54 Å². The summed E-state index contributed by atoms with van der Waals surface area (Å²) in [6.45, 7) is 2.14. The highest BCUT2D eigenvalue weighted by atomic mass is 16.5. The average molecular weight is 429 g/mol. The highest BCUT2D eigenvalue weighted by molar-refractivity contribution is 5.79. The minimum absolute atomic E-state index is 0.0519. The van der Waals surface area contributed by atoms with E-state index in [1.807, 2.05) is 42.5 Å². The molecule has 0 radical (unpaired) electrons. The smallest absolute Gasteiger partial charge is 0.407 e. The van der Waals surface area contributed by atoms with E-state index in [2.05, 4.69) is 46.6 Å². The van der Waals surface area contributed by atoms with Crippen molar-refractivity contribution in [3.63, 3.8) is 0 Å². The molecule has 32 heavy (non-hydrogen) atoms. The molecule has 3 aromatic carbocycles. The molecule has 1 fully saturated rings. The summed E-state index contributed by atoms with van der Waals surface area (Å²) in [6, 6.07) is 26.9. The predicted octanol–water partition coefficient (Wildman–Crippen LogP) is 4.16. The summed E-state index contributed by atoms with van der Waals surface area (Å²) in [4.78, 5) is 14.7. The third-order valence-electron chi connectivity index (χ3n) is 6.56. The lowest BCUT2D eigenvalue weighted by Crippen LogP contribution is -2.40. The van der Waals surface area contributed by atoms with Crippen LogP contribution in [-0.4, -0.2) is 47.9 Å². The Bertz CT molecular complexity index is 1040. The molecule has 164 valence electrons. The van der Waals surface area contributed by atoms with E-state index < -0.39 is 6.09 Å². The normalized spacial score (nSPS) is 20.0. The SMILES string of the molecule is O=C(NC[C@H]1C[C@@H](O)CN1Cc1ccccc1)OCC1c2ccccc2-c2ccccc21. The van der Waals surface area contributed by atoms with Crippen molar-refractivity contribution in [2.75, 3.05) is 19.7 Å². The topological polar surface area (TPSA) is 61.8 Å². The van der Waals surface area contributed by atoms with Gasteiger partial charge in [0.2, 0.25) is 0 Å². The van der Waals surface area contributed by atoms with Gasteiger partial charge in [0.05, 0.1) is 6.10 Å². The molecule has 0 unspecified atom stereocenters. The first-order valence-electron chi connectivity index (χ1n) is 11.2. The number of β-amino-alcohol motifs (C(OH)–C–C–N with tert-alkyl or cyclic N) is 1. The number of hydrogen-bond donors (Lipinski definition) is 2. The number of carbonyl (C=O) groups is 1. The Labute approximate surface area is 188 Å². The number of nitrogens with one attached hydrogen (secondary N) is 1. The molecular weight excluding hydrogens is 400 g/mol. The average Bonchev–Trinajstić information content (AvgIpc) is 3.34. The molecule has 1 heterocycles.